The lowest BCUT2D eigenvalue weighted by molar-refractivity contribution is 0.276. The molecule has 0 heterocycles. The van der Waals surface area contributed by atoms with E-state index in [1.165, 1.54) is 29.9 Å². The Morgan fingerprint density at radius 2 is 1.60 bits per heavy atom. The van der Waals surface area contributed by atoms with E-state index in [4.69, 9.17) is 0 Å². The zero-order chi connectivity index (χ0) is 8.20. The smallest absolute Gasteiger partial charge is 0.0116 e. The fraction of sp³-hybridized carbons (Fsp3) is 1.00. The van der Waals surface area contributed by atoms with Crippen LogP contribution in [0.5, 0.6) is 0 Å². The second kappa shape index (κ2) is 4.14. The quantitative estimate of drug-likeness (QED) is 0.551. The summed E-state index contributed by atoms with van der Waals surface area (Å²) >= 11 is 0. The third kappa shape index (κ3) is 5.00. The second-order valence-electron chi connectivity index (χ2n) is 4.02. The Kier molecular flexibility index (Phi) is 4.21. The van der Waals surface area contributed by atoms with Gasteiger partial charge in [0.2, 0.25) is 0 Å². The molecule has 0 spiro atoms. The van der Waals surface area contributed by atoms with Crippen LogP contribution in [-0.4, -0.2) is 34.8 Å². The number of rotatable bonds is 4. The zero-order valence-corrected chi connectivity index (χ0v) is 10.1. The zero-order valence-electron chi connectivity index (χ0n) is 8.07. The molecule has 0 N–H and O–H groups in total. The van der Waals surface area contributed by atoms with Gasteiger partial charge < -0.3 is 4.90 Å². The van der Waals surface area contributed by atoms with Crippen LogP contribution in [0.2, 0.25) is 5.04 Å². The van der Waals surface area contributed by atoms with Crippen molar-refractivity contribution in [3.63, 3.8) is 0 Å². The normalized spacial score (nSPS) is 12.9. The molecule has 0 aliphatic heterocycles. The first kappa shape index (κ1) is 10.2. The van der Waals surface area contributed by atoms with Crippen molar-refractivity contribution in [3.8, 4) is 0 Å². The highest BCUT2D eigenvalue weighted by Gasteiger charge is 2.13. The molecule has 10 heavy (non-hydrogen) atoms. The van der Waals surface area contributed by atoms with E-state index in [1.54, 1.807) is 0 Å². The maximum atomic E-state index is 2.49. The van der Waals surface area contributed by atoms with E-state index in [9.17, 15) is 0 Å². The van der Waals surface area contributed by atoms with Crippen molar-refractivity contribution in [1.29, 1.82) is 0 Å². The molecule has 0 aromatic rings. The van der Waals surface area contributed by atoms with Crippen LogP contribution in [-0.2, 0) is 0 Å². The summed E-state index contributed by atoms with van der Waals surface area (Å²) in [5.74, 6) is 0. The van der Waals surface area contributed by atoms with E-state index >= 15 is 0 Å². The summed E-state index contributed by atoms with van der Waals surface area (Å²) in [6, 6.07) is 0. The van der Waals surface area contributed by atoms with Gasteiger partial charge in [-0.2, -0.15) is 0 Å². The van der Waals surface area contributed by atoms with Gasteiger partial charge in [0.25, 0.3) is 0 Å². The molecule has 0 aromatic carbocycles. The van der Waals surface area contributed by atoms with Crippen LogP contribution in [0.25, 0.3) is 0 Å². The first-order valence-electron chi connectivity index (χ1n) is 4.22. The molecule has 0 amide bonds. The van der Waals surface area contributed by atoms with Gasteiger partial charge >= 0.3 is 0 Å². The molecule has 0 bridgehead atoms. The summed E-state index contributed by atoms with van der Waals surface area (Å²) < 4.78 is 0. The lowest BCUT2D eigenvalue weighted by atomic mass is 10.2. The minimum absolute atomic E-state index is 0.589. The molecule has 2 heteroatoms. The van der Waals surface area contributed by atoms with Gasteiger partial charge in [-0.25, -0.2) is 0 Å². The fourth-order valence-corrected chi connectivity index (χ4v) is 1.57. The first-order chi connectivity index (χ1) is 4.49. The molecule has 0 atom stereocenters. The Bertz CT molecular complexity index is 81.7. The molecule has 1 nitrogen and oxygen atoms in total. The topological polar surface area (TPSA) is 3.24 Å². The van der Waals surface area contributed by atoms with Crippen molar-refractivity contribution < 1.29 is 0 Å². The number of hydrogen-bond donors (Lipinski definition) is 0. The maximum absolute atomic E-state index is 2.49. The predicted molar refractivity (Wildman–Crippen MR) is 51.8 cm³/mol. The van der Waals surface area contributed by atoms with E-state index in [0.717, 1.165) is 0 Å². The van der Waals surface area contributed by atoms with Gasteiger partial charge in [0, 0.05) is 10.2 Å². The van der Waals surface area contributed by atoms with Crippen LogP contribution in [0.4, 0.5) is 0 Å². The van der Waals surface area contributed by atoms with Crippen molar-refractivity contribution in [3.05, 3.63) is 0 Å². The summed E-state index contributed by atoms with van der Waals surface area (Å²) in [7, 11) is 1.29. The van der Waals surface area contributed by atoms with Gasteiger partial charge in [0.1, 0.15) is 0 Å². The Labute approximate surface area is 68.2 Å². The minimum Gasteiger partial charge on any atom is -0.304 e. The molecule has 0 fully saturated rings. The highest BCUT2D eigenvalue weighted by molar-refractivity contribution is 6.14. The second-order valence-corrected chi connectivity index (χ2v) is 6.73. The molecule has 0 saturated heterocycles. The summed E-state index contributed by atoms with van der Waals surface area (Å²) in [6.07, 6.45) is 0. The molecule has 0 aromatic heterocycles. The van der Waals surface area contributed by atoms with E-state index < -0.39 is 0 Å². The standard InChI is InChI=1S/C8H21NSi/c1-5-9(6-2)7-8(3,4)10/h5-7H2,1-4,10H3. The van der Waals surface area contributed by atoms with Gasteiger partial charge in [0.15, 0.2) is 0 Å². The largest absolute Gasteiger partial charge is 0.304 e. The molecular weight excluding hydrogens is 138 g/mol. The maximum Gasteiger partial charge on any atom is 0.0116 e. The average Bonchev–Trinajstić information content (AvgIpc) is 1.81. The van der Waals surface area contributed by atoms with Gasteiger partial charge in [0.05, 0.1) is 0 Å². The predicted octanol–water partition coefficient (Wildman–Crippen LogP) is 0.892. The van der Waals surface area contributed by atoms with Crippen LogP contribution >= 0.6 is 0 Å². The van der Waals surface area contributed by atoms with Crippen molar-refractivity contribution >= 4 is 10.2 Å². The first-order valence-corrected chi connectivity index (χ1v) is 5.22. The van der Waals surface area contributed by atoms with Crippen molar-refractivity contribution in [2.24, 2.45) is 0 Å². The van der Waals surface area contributed by atoms with Gasteiger partial charge in [-0.05, 0) is 24.7 Å². The lowest BCUT2D eigenvalue weighted by Gasteiger charge is -2.27. The van der Waals surface area contributed by atoms with Crippen molar-refractivity contribution in [2.45, 2.75) is 32.7 Å². The molecule has 0 aliphatic carbocycles. The van der Waals surface area contributed by atoms with Crippen LogP contribution in [0.15, 0.2) is 0 Å². The molecule has 0 radical (unpaired) electrons. The highest BCUT2D eigenvalue weighted by atomic mass is 28.1. The van der Waals surface area contributed by atoms with Crippen LogP contribution in [0.3, 0.4) is 0 Å². The average molecular weight is 159 g/mol. The van der Waals surface area contributed by atoms with Gasteiger partial charge in [-0.1, -0.05) is 27.7 Å². The van der Waals surface area contributed by atoms with Crippen LogP contribution in [0.1, 0.15) is 27.7 Å². The third-order valence-corrected chi connectivity index (χ3v) is 1.91. The molecular formula is C8H21NSi. The Morgan fingerprint density at radius 3 is 1.70 bits per heavy atom. The van der Waals surface area contributed by atoms with Crippen LogP contribution < -0.4 is 0 Å². The summed E-state index contributed by atoms with van der Waals surface area (Å²) in [6.45, 7) is 12.8. The molecule has 0 saturated carbocycles. The Balaban J connectivity index is 3.63. The monoisotopic (exact) mass is 159 g/mol. The van der Waals surface area contributed by atoms with E-state index in [0.29, 0.717) is 5.04 Å². The highest BCUT2D eigenvalue weighted by Crippen LogP contribution is 2.18. The van der Waals surface area contributed by atoms with Gasteiger partial charge in [-0.15, -0.1) is 0 Å². The number of hydrogen-bond acceptors (Lipinski definition) is 1. The van der Waals surface area contributed by atoms with E-state index in [-0.39, 0.29) is 0 Å². The van der Waals surface area contributed by atoms with Crippen LogP contribution in [0, 0.1) is 0 Å². The molecule has 62 valence electrons. The molecule has 0 unspecified atom stereocenters. The minimum atomic E-state index is 0.589. The third-order valence-electron chi connectivity index (χ3n) is 1.59. The Morgan fingerprint density at radius 1 is 1.20 bits per heavy atom. The summed E-state index contributed by atoms with van der Waals surface area (Å²) in [5, 5.41) is 0.589. The summed E-state index contributed by atoms with van der Waals surface area (Å²) in [4.78, 5) is 2.49. The van der Waals surface area contributed by atoms with Crippen molar-refractivity contribution in [2.75, 3.05) is 19.6 Å². The number of nitrogens with zero attached hydrogens (tertiary/aromatic N) is 1. The summed E-state index contributed by atoms with van der Waals surface area (Å²) in [5.41, 5.74) is 0. The van der Waals surface area contributed by atoms with Crippen molar-refractivity contribution in [1.82, 2.24) is 4.90 Å². The SMILES string of the molecule is CCN(CC)CC(C)(C)[SiH3]. The van der Waals surface area contributed by atoms with E-state index in [1.807, 2.05) is 0 Å². The molecule has 0 rings (SSSR count). The lowest BCUT2D eigenvalue weighted by Crippen LogP contribution is -2.30. The Hall–Kier alpha value is 0.177. The van der Waals surface area contributed by atoms with Gasteiger partial charge in [-0.3, -0.25) is 0 Å². The molecule has 0 aliphatic rings. The fourth-order valence-electron chi connectivity index (χ4n) is 1.12. The van der Waals surface area contributed by atoms with E-state index in [2.05, 4.69) is 32.6 Å².